The van der Waals surface area contributed by atoms with Crippen molar-refractivity contribution in [2.24, 2.45) is 0 Å². The van der Waals surface area contributed by atoms with Crippen molar-refractivity contribution in [2.75, 3.05) is 6.61 Å². The number of benzene rings is 2. The number of hydrogen-bond acceptors (Lipinski definition) is 1. The first-order valence-electron chi connectivity index (χ1n) is 6.46. The van der Waals surface area contributed by atoms with Crippen LogP contribution in [-0.2, 0) is 11.8 Å². The molecule has 2 heteroatoms. The lowest BCUT2D eigenvalue weighted by Crippen LogP contribution is -2.29. The van der Waals surface area contributed by atoms with Gasteiger partial charge in [0.25, 0.3) is 0 Å². The topological polar surface area (TPSA) is 20.2 Å². The van der Waals surface area contributed by atoms with E-state index in [1.807, 2.05) is 24.3 Å². The molecule has 100 valence electrons. The zero-order chi connectivity index (χ0) is 13.9. The minimum absolute atomic E-state index is 0.114. The van der Waals surface area contributed by atoms with Gasteiger partial charge in [0.1, 0.15) is 0 Å². The molecule has 0 bridgehead atoms. The standard InChI is InChI=1S/C17H19ClO/c1-13-4-3-5-14(10-13)11-17(2,12-19)15-6-8-16(18)9-7-15/h3-10,19H,11-12H2,1-2H3. The Balaban J connectivity index is 2.29. The smallest absolute Gasteiger partial charge is 0.0528 e. The molecule has 0 amide bonds. The second kappa shape index (κ2) is 5.77. The van der Waals surface area contributed by atoms with Crippen LogP contribution in [-0.4, -0.2) is 11.7 Å². The summed E-state index contributed by atoms with van der Waals surface area (Å²) in [4.78, 5) is 0. The molecular weight excluding hydrogens is 256 g/mol. The van der Waals surface area contributed by atoms with Gasteiger partial charge >= 0.3 is 0 Å². The summed E-state index contributed by atoms with van der Waals surface area (Å²) in [6.07, 6.45) is 0.812. The Labute approximate surface area is 119 Å². The largest absolute Gasteiger partial charge is 0.395 e. The van der Waals surface area contributed by atoms with Crippen molar-refractivity contribution in [3.8, 4) is 0 Å². The van der Waals surface area contributed by atoms with E-state index in [-0.39, 0.29) is 12.0 Å². The molecule has 1 N–H and O–H groups in total. The van der Waals surface area contributed by atoms with Gasteiger partial charge in [-0.25, -0.2) is 0 Å². The van der Waals surface area contributed by atoms with Crippen molar-refractivity contribution in [3.63, 3.8) is 0 Å². The molecule has 2 rings (SSSR count). The predicted molar refractivity (Wildman–Crippen MR) is 80.8 cm³/mol. The molecule has 0 aromatic heterocycles. The molecular formula is C17H19ClO. The maximum atomic E-state index is 9.81. The van der Waals surface area contributed by atoms with Crippen LogP contribution < -0.4 is 0 Å². The summed E-state index contributed by atoms with van der Waals surface area (Å²) in [5.41, 5.74) is 3.32. The second-order valence-electron chi connectivity index (χ2n) is 5.39. The Bertz CT molecular complexity index is 547. The molecule has 0 saturated heterocycles. The molecule has 19 heavy (non-hydrogen) atoms. The van der Waals surface area contributed by atoms with Crippen molar-refractivity contribution >= 4 is 11.6 Å². The van der Waals surface area contributed by atoms with Gasteiger partial charge in [-0.15, -0.1) is 0 Å². The number of aliphatic hydroxyl groups excluding tert-OH is 1. The molecule has 0 fully saturated rings. The van der Waals surface area contributed by atoms with Gasteiger partial charge in [-0.05, 0) is 36.6 Å². The SMILES string of the molecule is Cc1cccc(CC(C)(CO)c2ccc(Cl)cc2)c1. The van der Waals surface area contributed by atoms with Gasteiger partial charge in [0.2, 0.25) is 0 Å². The highest BCUT2D eigenvalue weighted by Crippen LogP contribution is 2.29. The van der Waals surface area contributed by atoms with E-state index in [4.69, 9.17) is 11.6 Å². The van der Waals surface area contributed by atoms with Crippen LogP contribution >= 0.6 is 11.6 Å². The van der Waals surface area contributed by atoms with Gasteiger partial charge in [-0.2, -0.15) is 0 Å². The molecule has 1 atom stereocenters. The molecule has 0 heterocycles. The van der Waals surface area contributed by atoms with Crippen molar-refractivity contribution in [2.45, 2.75) is 25.7 Å². The average molecular weight is 275 g/mol. The van der Waals surface area contributed by atoms with Crippen molar-refractivity contribution < 1.29 is 5.11 Å². The van der Waals surface area contributed by atoms with E-state index >= 15 is 0 Å². The fraction of sp³-hybridized carbons (Fsp3) is 0.294. The van der Waals surface area contributed by atoms with Gasteiger partial charge in [-0.1, -0.05) is 60.5 Å². The van der Waals surface area contributed by atoms with Crippen LogP contribution in [0, 0.1) is 6.92 Å². The Hall–Kier alpha value is -1.31. The summed E-state index contributed by atoms with van der Waals surface area (Å²) in [5, 5.41) is 10.5. The predicted octanol–water partition coefficient (Wildman–Crippen LogP) is 4.14. The number of rotatable bonds is 4. The first kappa shape index (κ1) is 14.1. The quantitative estimate of drug-likeness (QED) is 0.888. The Kier molecular flexibility index (Phi) is 4.28. The van der Waals surface area contributed by atoms with Crippen molar-refractivity contribution in [3.05, 3.63) is 70.2 Å². The summed E-state index contributed by atoms with van der Waals surface area (Å²) >= 11 is 5.92. The van der Waals surface area contributed by atoms with Gasteiger partial charge in [0.15, 0.2) is 0 Å². The molecule has 0 aliphatic rings. The molecule has 1 nitrogen and oxygen atoms in total. The number of aryl methyl sites for hydroxylation is 1. The summed E-state index contributed by atoms with van der Waals surface area (Å²) in [5.74, 6) is 0. The minimum Gasteiger partial charge on any atom is -0.395 e. The van der Waals surface area contributed by atoms with Gasteiger partial charge in [0.05, 0.1) is 6.61 Å². The van der Waals surface area contributed by atoms with Gasteiger partial charge in [0, 0.05) is 10.4 Å². The number of aliphatic hydroxyl groups is 1. The molecule has 0 aliphatic heterocycles. The van der Waals surface area contributed by atoms with Gasteiger partial charge in [-0.3, -0.25) is 0 Å². The highest BCUT2D eigenvalue weighted by molar-refractivity contribution is 6.30. The average Bonchev–Trinajstić information content (AvgIpc) is 2.39. The second-order valence-corrected chi connectivity index (χ2v) is 5.83. The first-order valence-corrected chi connectivity index (χ1v) is 6.84. The summed E-state index contributed by atoms with van der Waals surface area (Å²) < 4.78 is 0. The van der Waals surface area contributed by atoms with Crippen LogP contribution in [0.15, 0.2) is 48.5 Å². The van der Waals surface area contributed by atoms with E-state index < -0.39 is 0 Å². The summed E-state index contributed by atoms with van der Waals surface area (Å²) in [7, 11) is 0. The molecule has 0 spiro atoms. The minimum atomic E-state index is -0.279. The van der Waals surface area contributed by atoms with Crippen LogP contribution in [0.25, 0.3) is 0 Å². The maximum absolute atomic E-state index is 9.81. The zero-order valence-corrected chi connectivity index (χ0v) is 12.1. The van der Waals surface area contributed by atoms with E-state index in [0.29, 0.717) is 0 Å². The molecule has 0 saturated carbocycles. The Morgan fingerprint density at radius 3 is 2.37 bits per heavy atom. The fourth-order valence-electron chi connectivity index (χ4n) is 2.37. The van der Waals surface area contributed by atoms with Crippen LogP contribution in [0.3, 0.4) is 0 Å². The molecule has 1 unspecified atom stereocenters. The monoisotopic (exact) mass is 274 g/mol. The van der Waals surface area contributed by atoms with E-state index in [9.17, 15) is 5.11 Å². The van der Waals surface area contributed by atoms with Crippen LogP contribution in [0.4, 0.5) is 0 Å². The third-order valence-electron chi connectivity index (χ3n) is 3.57. The summed E-state index contributed by atoms with van der Waals surface area (Å²) in [6, 6.07) is 16.2. The fourth-order valence-corrected chi connectivity index (χ4v) is 2.50. The third kappa shape index (κ3) is 3.37. The Morgan fingerprint density at radius 2 is 1.79 bits per heavy atom. The maximum Gasteiger partial charge on any atom is 0.0528 e. The highest BCUT2D eigenvalue weighted by Gasteiger charge is 2.26. The van der Waals surface area contributed by atoms with Crippen molar-refractivity contribution in [1.29, 1.82) is 0 Å². The molecule has 0 aliphatic carbocycles. The van der Waals surface area contributed by atoms with Crippen molar-refractivity contribution in [1.82, 2.24) is 0 Å². The molecule has 2 aromatic carbocycles. The van der Waals surface area contributed by atoms with Crippen LogP contribution in [0.5, 0.6) is 0 Å². The zero-order valence-electron chi connectivity index (χ0n) is 11.4. The number of halogens is 1. The van der Waals surface area contributed by atoms with E-state index in [1.165, 1.54) is 11.1 Å². The van der Waals surface area contributed by atoms with Crippen LogP contribution in [0.2, 0.25) is 5.02 Å². The molecule has 0 radical (unpaired) electrons. The lowest BCUT2D eigenvalue weighted by Gasteiger charge is -2.28. The highest BCUT2D eigenvalue weighted by atomic mass is 35.5. The molecule has 2 aromatic rings. The van der Waals surface area contributed by atoms with E-state index in [1.54, 1.807) is 0 Å². The van der Waals surface area contributed by atoms with Crippen LogP contribution in [0.1, 0.15) is 23.6 Å². The lowest BCUT2D eigenvalue weighted by molar-refractivity contribution is 0.204. The number of hydrogen-bond donors (Lipinski definition) is 1. The van der Waals surface area contributed by atoms with E-state index in [0.717, 1.165) is 17.0 Å². The first-order chi connectivity index (χ1) is 9.03. The normalized spacial score (nSPS) is 14.1. The van der Waals surface area contributed by atoms with E-state index in [2.05, 4.69) is 38.1 Å². The summed E-state index contributed by atoms with van der Waals surface area (Å²) in [6.45, 7) is 4.28. The van der Waals surface area contributed by atoms with Gasteiger partial charge < -0.3 is 5.11 Å². The third-order valence-corrected chi connectivity index (χ3v) is 3.82. The Morgan fingerprint density at radius 1 is 1.11 bits per heavy atom. The lowest BCUT2D eigenvalue weighted by atomic mass is 9.78.